The minimum absolute atomic E-state index is 0.136. The summed E-state index contributed by atoms with van der Waals surface area (Å²) >= 11 is 0. The Labute approximate surface area is 181 Å². The minimum atomic E-state index is -0.335. The highest BCUT2D eigenvalue weighted by Gasteiger charge is 2.18. The number of ether oxygens (including phenoxy) is 1. The van der Waals surface area contributed by atoms with E-state index in [9.17, 15) is 9.59 Å². The first-order chi connectivity index (χ1) is 15.1. The summed E-state index contributed by atoms with van der Waals surface area (Å²) < 4.78 is 7.24. The monoisotopic (exact) mass is 418 g/mol. The van der Waals surface area contributed by atoms with Gasteiger partial charge in [-0.2, -0.15) is 5.10 Å². The maximum atomic E-state index is 12.4. The molecule has 2 heterocycles. The molecule has 0 atom stereocenters. The molecule has 1 saturated heterocycles. The van der Waals surface area contributed by atoms with Gasteiger partial charge in [-0.3, -0.25) is 9.69 Å². The van der Waals surface area contributed by atoms with Crippen molar-refractivity contribution in [1.29, 1.82) is 0 Å². The SMILES string of the molecule is CC(=O)N1CCN(Cc2ccc(C(=O)OCc3ccc(-n4cccn4)cc3)cc2)CC1. The Balaban J connectivity index is 1.26. The molecule has 0 bridgehead atoms. The lowest BCUT2D eigenvalue weighted by atomic mass is 10.1. The summed E-state index contributed by atoms with van der Waals surface area (Å²) in [5, 5.41) is 4.20. The highest BCUT2D eigenvalue weighted by atomic mass is 16.5. The number of benzene rings is 2. The van der Waals surface area contributed by atoms with Crippen molar-refractivity contribution in [3.63, 3.8) is 0 Å². The maximum Gasteiger partial charge on any atom is 0.338 e. The molecule has 1 aliphatic rings. The van der Waals surface area contributed by atoms with E-state index >= 15 is 0 Å². The molecule has 0 radical (unpaired) electrons. The summed E-state index contributed by atoms with van der Waals surface area (Å²) in [6.07, 6.45) is 3.61. The summed E-state index contributed by atoms with van der Waals surface area (Å²) in [5.74, 6) is -0.200. The van der Waals surface area contributed by atoms with Gasteiger partial charge in [0.05, 0.1) is 11.3 Å². The molecule has 7 heteroatoms. The first-order valence-electron chi connectivity index (χ1n) is 10.4. The van der Waals surface area contributed by atoms with Gasteiger partial charge in [0.15, 0.2) is 0 Å². The van der Waals surface area contributed by atoms with E-state index < -0.39 is 0 Å². The first kappa shape index (κ1) is 20.8. The molecule has 2 aromatic carbocycles. The number of esters is 1. The van der Waals surface area contributed by atoms with Crippen LogP contribution >= 0.6 is 0 Å². The number of carbonyl (C=O) groups is 2. The fraction of sp³-hybridized carbons (Fsp3) is 0.292. The maximum absolute atomic E-state index is 12.4. The Hall–Kier alpha value is -3.45. The van der Waals surface area contributed by atoms with Crippen LogP contribution in [0.1, 0.15) is 28.4 Å². The van der Waals surface area contributed by atoms with E-state index in [-0.39, 0.29) is 18.5 Å². The fourth-order valence-electron chi connectivity index (χ4n) is 3.62. The number of carbonyl (C=O) groups excluding carboxylic acids is 2. The molecule has 0 saturated carbocycles. The quantitative estimate of drug-likeness (QED) is 0.576. The number of hydrogen-bond acceptors (Lipinski definition) is 5. The van der Waals surface area contributed by atoms with Gasteiger partial charge in [-0.1, -0.05) is 24.3 Å². The Bertz CT molecular complexity index is 1010. The third kappa shape index (κ3) is 5.38. The molecule has 0 spiro atoms. The van der Waals surface area contributed by atoms with Crippen molar-refractivity contribution >= 4 is 11.9 Å². The second kappa shape index (κ2) is 9.57. The van der Waals surface area contributed by atoms with Crippen LogP contribution in [0.5, 0.6) is 0 Å². The van der Waals surface area contributed by atoms with Crippen molar-refractivity contribution in [1.82, 2.24) is 19.6 Å². The van der Waals surface area contributed by atoms with E-state index in [1.807, 2.05) is 65.7 Å². The zero-order valence-electron chi connectivity index (χ0n) is 17.6. The van der Waals surface area contributed by atoms with E-state index in [0.717, 1.165) is 49.5 Å². The van der Waals surface area contributed by atoms with Gasteiger partial charge in [-0.15, -0.1) is 0 Å². The van der Waals surface area contributed by atoms with Crippen molar-refractivity contribution in [2.24, 2.45) is 0 Å². The predicted octanol–water partition coefficient (Wildman–Crippen LogP) is 2.89. The topological polar surface area (TPSA) is 67.7 Å². The molecule has 1 amide bonds. The normalized spacial score (nSPS) is 14.4. The third-order valence-electron chi connectivity index (χ3n) is 5.49. The molecule has 0 N–H and O–H groups in total. The average molecular weight is 418 g/mol. The summed E-state index contributed by atoms with van der Waals surface area (Å²) in [7, 11) is 0. The van der Waals surface area contributed by atoms with E-state index in [4.69, 9.17) is 4.74 Å². The van der Waals surface area contributed by atoms with Gasteiger partial charge in [0.25, 0.3) is 0 Å². The molecule has 1 fully saturated rings. The highest BCUT2D eigenvalue weighted by Crippen LogP contribution is 2.13. The number of hydrogen-bond donors (Lipinski definition) is 0. The average Bonchev–Trinajstić information content (AvgIpc) is 3.34. The summed E-state index contributed by atoms with van der Waals surface area (Å²) in [4.78, 5) is 28.0. The third-order valence-corrected chi connectivity index (χ3v) is 5.49. The Kier molecular flexibility index (Phi) is 6.43. The number of rotatable bonds is 6. The molecule has 160 valence electrons. The van der Waals surface area contributed by atoms with Gasteiger partial charge in [-0.25, -0.2) is 9.48 Å². The smallest absolute Gasteiger partial charge is 0.338 e. The van der Waals surface area contributed by atoms with E-state index in [2.05, 4.69) is 10.00 Å². The van der Waals surface area contributed by atoms with Crippen LogP contribution in [0.3, 0.4) is 0 Å². The lowest BCUT2D eigenvalue weighted by Gasteiger charge is -2.34. The molecule has 3 aromatic rings. The van der Waals surface area contributed by atoms with Gasteiger partial charge in [0, 0.05) is 52.0 Å². The van der Waals surface area contributed by atoms with Crippen molar-refractivity contribution in [2.75, 3.05) is 26.2 Å². The molecule has 1 aromatic heterocycles. The molecule has 7 nitrogen and oxygen atoms in total. The zero-order chi connectivity index (χ0) is 21.6. The van der Waals surface area contributed by atoms with Crippen molar-refractivity contribution in [2.45, 2.75) is 20.1 Å². The lowest BCUT2D eigenvalue weighted by molar-refractivity contribution is -0.130. The highest BCUT2D eigenvalue weighted by molar-refractivity contribution is 5.89. The fourth-order valence-corrected chi connectivity index (χ4v) is 3.62. The van der Waals surface area contributed by atoms with Crippen LogP contribution in [0, 0.1) is 0 Å². The van der Waals surface area contributed by atoms with Gasteiger partial charge in [0.2, 0.25) is 5.91 Å². The minimum Gasteiger partial charge on any atom is -0.457 e. The van der Waals surface area contributed by atoms with Crippen LogP contribution in [0.4, 0.5) is 0 Å². The standard InChI is InChI=1S/C24H26N4O3/c1-19(29)27-15-13-26(14-16-27)17-20-3-7-22(8-4-20)24(30)31-18-21-5-9-23(10-6-21)28-12-2-11-25-28/h2-12H,13-18H2,1H3. The molecule has 1 aliphatic heterocycles. The molecular formula is C24H26N4O3. The molecule has 4 rings (SSSR count). The zero-order valence-corrected chi connectivity index (χ0v) is 17.6. The number of aromatic nitrogens is 2. The molecule has 0 aliphatic carbocycles. The number of amides is 1. The molecule has 0 unspecified atom stereocenters. The van der Waals surface area contributed by atoms with Crippen LogP contribution < -0.4 is 0 Å². The number of nitrogens with zero attached hydrogens (tertiary/aromatic N) is 4. The second-order valence-electron chi connectivity index (χ2n) is 7.67. The van der Waals surface area contributed by atoms with Gasteiger partial charge in [-0.05, 0) is 41.5 Å². The lowest BCUT2D eigenvalue weighted by Crippen LogP contribution is -2.47. The van der Waals surface area contributed by atoms with Crippen molar-refractivity contribution in [3.05, 3.63) is 83.7 Å². The van der Waals surface area contributed by atoms with Crippen LogP contribution in [-0.4, -0.2) is 57.6 Å². The first-order valence-corrected chi connectivity index (χ1v) is 10.4. The largest absolute Gasteiger partial charge is 0.457 e. The van der Waals surface area contributed by atoms with Crippen molar-refractivity contribution in [3.8, 4) is 5.69 Å². The second-order valence-corrected chi connectivity index (χ2v) is 7.67. The van der Waals surface area contributed by atoms with E-state index in [1.54, 1.807) is 17.8 Å². The van der Waals surface area contributed by atoms with Crippen LogP contribution in [0.15, 0.2) is 67.0 Å². The van der Waals surface area contributed by atoms with Crippen LogP contribution in [0.25, 0.3) is 5.69 Å². The van der Waals surface area contributed by atoms with Gasteiger partial charge in [0.1, 0.15) is 6.61 Å². The molecule has 31 heavy (non-hydrogen) atoms. The Morgan fingerprint density at radius 2 is 1.61 bits per heavy atom. The van der Waals surface area contributed by atoms with Gasteiger partial charge >= 0.3 is 5.97 Å². The summed E-state index contributed by atoms with van der Waals surface area (Å²) in [5.41, 5.74) is 3.56. The van der Waals surface area contributed by atoms with Crippen LogP contribution in [-0.2, 0) is 22.7 Å². The summed E-state index contributed by atoms with van der Waals surface area (Å²) in [6.45, 7) is 5.91. The van der Waals surface area contributed by atoms with Crippen molar-refractivity contribution < 1.29 is 14.3 Å². The Morgan fingerprint density at radius 1 is 0.935 bits per heavy atom. The summed E-state index contributed by atoms with van der Waals surface area (Å²) in [6, 6.07) is 17.2. The van der Waals surface area contributed by atoms with Gasteiger partial charge < -0.3 is 9.64 Å². The Morgan fingerprint density at radius 3 is 2.23 bits per heavy atom. The van der Waals surface area contributed by atoms with Crippen LogP contribution in [0.2, 0.25) is 0 Å². The number of piperazine rings is 1. The molecular weight excluding hydrogens is 392 g/mol. The van der Waals surface area contributed by atoms with E-state index in [0.29, 0.717) is 5.56 Å². The predicted molar refractivity (Wildman–Crippen MR) is 117 cm³/mol. The van der Waals surface area contributed by atoms with E-state index in [1.165, 1.54) is 0 Å².